The fourth-order valence-electron chi connectivity index (χ4n) is 5.12. The number of hydrogen-bond donors (Lipinski definition) is 3. The second-order valence-corrected chi connectivity index (χ2v) is 10.2. The topological polar surface area (TPSA) is 112 Å². The number of aromatic nitrogens is 3. The zero-order chi connectivity index (χ0) is 25.0. The average Bonchev–Trinajstić information content (AvgIpc) is 3.39. The number of hydrogen-bond acceptors (Lipinski definition) is 7. The summed E-state index contributed by atoms with van der Waals surface area (Å²) < 4.78 is 5.45. The number of anilines is 1. The van der Waals surface area contributed by atoms with Crippen LogP contribution in [0.5, 0.6) is 0 Å². The van der Waals surface area contributed by atoms with Crippen LogP contribution in [-0.2, 0) is 9.53 Å². The van der Waals surface area contributed by atoms with E-state index in [0.717, 1.165) is 68.1 Å². The molecule has 0 aliphatic carbocycles. The fraction of sp³-hybridized carbons (Fsp3) is 0.500. The van der Waals surface area contributed by atoms with Crippen molar-refractivity contribution in [2.24, 2.45) is 5.73 Å². The number of benzene rings is 1. The van der Waals surface area contributed by atoms with Gasteiger partial charge >= 0.3 is 0 Å². The smallest absolute Gasteiger partial charge is 0.240 e. The average molecular weight is 512 g/mol. The quantitative estimate of drug-likeness (QED) is 0.426. The number of H-pyrrole nitrogens is 1. The maximum Gasteiger partial charge on any atom is 0.240 e. The van der Waals surface area contributed by atoms with Gasteiger partial charge in [0.25, 0.3) is 0 Å². The molecule has 3 aromatic rings. The van der Waals surface area contributed by atoms with Crippen LogP contribution in [0.15, 0.2) is 42.9 Å². The standard InChI is InChI=1S/C26H34ClN7O2/c27-20-5-3-19(4-6-20)22(2-1-11-33-14-16-36-17-15-33)32-25(35)26(28)8-12-34(13-9-26)24-21-7-10-29-23(21)30-18-31-24/h3-7,10,18,22H,1-2,8-9,11-17,28H2,(H,32,35)(H,29,30,31)/t22-/m0/s1. The Kier molecular flexibility index (Phi) is 7.71. The van der Waals surface area contributed by atoms with Gasteiger partial charge in [-0.15, -0.1) is 0 Å². The van der Waals surface area contributed by atoms with Gasteiger partial charge in [-0.25, -0.2) is 9.97 Å². The number of aromatic amines is 1. The van der Waals surface area contributed by atoms with Crippen molar-refractivity contribution in [2.45, 2.75) is 37.3 Å². The van der Waals surface area contributed by atoms with E-state index in [1.807, 2.05) is 36.5 Å². The van der Waals surface area contributed by atoms with Gasteiger partial charge in [-0.05, 0) is 56.0 Å². The van der Waals surface area contributed by atoms with E-state index in [1.165, 1.54) is 0 Å². The maximum absolute atomic E-state index is 13.5. The molecule has 2 aliphatic rings. The minimum atomic E-state index is -0.921. The van der Waals surface area contributed by atoms with Crippen molar-refractivity contribution in [3.05, 3.63) is 53.4 Å². The minimum absolute atomic E-state index is 0.0945. The maximum atomic E-state index is 13.5. The summed E-state index contributed by atoms with van der Waals surface area (Å²) >= 11 is 6.12. The van der Waals surface area contributed by atoms with Crippen molar-refractivity contribution in [1.82, 2.24) is 25.2 Å². The molecule has 2 fully saturated rings. The minimum Gasteiger partial charge on any atom is -0.379 e. The van der Waals surface area contributed by atoms with Crippen molar-refractivity contribution < 1.29 is 9.53 Å². The summed E-state index contributed by atoms with van der Waals surface area (Å²) in [4.78, 5) is 30.0. The largest absolute Gasteiger partial charge is 0.379 e. The molecule has 2 aliphatic heterocycles. The van der Waals surface area contributed by atoms with Crippen LogP contribution in [0.25, 0.3) is 11.0 Å². The number of nitrogens with one attached hydrogen (secondary N) is 2. The number of halogens is 1. The van der Waals surface area contributed by atoms with Crippen molar-refractivity contribution >= 4 is 34.4 Å². The van der Waals surface area contributed by atoms with E-state index >= 15 is 0 Å². The number of nitrogens with two attached hydrogens (primary N) is 1. The molecule has 0 bridgehead atoms. The highest BCUT2D eigenvalue weighted by Gasteiger charge is 2.39. The van der Waals surface area contributed by atoms with E-state index in [4.69, 9.17) is 22.1 Å². The highest BCUT2D eigenvalue weighted by molar-refractivity contribution is 6.30. The molecule has 9 nitrogen and oxygen atoms in total. The van der Waals surface area contributed by atoms with Gasteiger partial charge in [0, 0.05) is 37.4 Å². The second-order valence-electron chi connectivity index (χ2n) is 9.75. The lowest BCUT2D eigenvalue weighted by Gasteiger charge is -2.39. The predicted octanol–water partition coefficient (Wildman–Crippen LogP) is 2.88. The number of rotatable bonds is 8. The van der Waals surface area contributed by atoms with Gasteiger partial charge in [-0.2, -0.15) is 0 Å². The molecule has 1 atom stereocenters. The zero-order valence-corrected chi connectivity index (χ0v) is 21.2. The lowest BCUT2D eigenvalue weighted by molar-refractivity contribution is -0.128. The number of carbonyl (C=O) groups excluding carboxylic acids is 1. The molecule has 0 radical (unpaired) electrons. The van der Waals surface area contributed by atoms with Crippen LogP contribution < -0.4 is 16.0 Å². The number of carbonyl (C=O) groups is 1. The molecule has 192 valence electrons. The summed E-state index contributed by atoms with van der Waals surface area (Å²) in [5, 5.41) is 4.94. The van der Waals surface area contributed by atoms with E-state index < -0.39 is 5.54 Å². The number of amides is 1. The SMILES string of the molecule is NC1(C(=O)N[C@@H](CCCN2CCOCC2)c2ccc(Cl)cc2)CCN(c2ncnc3[nH]ccc23)CC1. The Morgan fingerprint density at radius 2 is 1.89 bits per heavy atom. The number of morpholine rings is 1. The van der Waals surface area contributed by atoms with Crippen LogP contribution in [0.3, 0.4) is 0 Å². The number of piperidine rings is 1. The van der Waals surface area contributed by atoms with Crippen LogP contribution in [0, 0.1) is 0 Å². The first kappa shape index (κ1) is 25.0. The highest BCUT2D eigenvalue weighted by Crippen LogP contribution is 2.29. The molecular weight excluding hydrogens is 478 g/mol. The first-order chi connectivity index (χ1) is 17.5. The third-order valence-corrected chi connectivity index (χ3v) is 7.64. The van der Waals surface area contributed by atoms with E-state index in [0.29, 0.717) is 31.0 Å². The van der Waals surface area contributed by atoms with Gasteiger partial charge in [0.15, 0.2) is 0 Å². The molecule has 0 spiro atoms. The Bertz CT molecular complexity index is 1150. The summed E-state index contributed by atoms with van der Waals surface area (Å²) in [6.07, 6.45) is 6.34. The lowest BCUT2D eigenvalue weighted by Crippen LogP contribution is -2.60. The summed E-state index contributed by atoms with van der Waals surface area (Å²) in [6.45, 7) is 5.79. The molecule has 4 heterocycles. The fourth-order valence-corrected chi connectivity index (χ4v) is 5.24. The van der Waals surface area contributed by atoms with Gasteiger partial charge < -0.3 is 25.7 Å². The molecule has 4 N–H and O–H groups in total. The molecule has 0 saturated carbocycles. The molecular formula is C26H34ClN7O2. The normalized spacial score (nSPS) is 19.3. The summed E-state index contributed by atoms with van der Waals surface area (Å²) in [6, 6.07) is 9.59. The van der Waals surface area contributed by atoms with Crippen molar-refractivity contribution in [3.8, 4) is 0 Å². The van der Waals surface area contributed by atoms with Crippen molar-refractivity contribution in [3.63, 3.8) is 0 Å². The Morgan fingerprint density at radius 3 is 2.64 bits per heavy atom. The van der Waals surface area contributed by atoms with Gasteiger partial charge in [0.2, 0.25) is 5.91 Å². The molecule has 2 aromatic heterocycles. The van der Waals surface area contributed by atoms with Gasteiger partial charge in [0.1, 0.15) is 17.8 Å². The molecule has 10 heteroatoms. The van der Waals surface area contributed by atoms with Crippen molar-refractivity contribution in [2.75, 3.05) is 50.8 Å². The van der Waals surface area contributed by atoms with Crippen LogP contribution >= 0.6 is 11.6 Å². The summed E-state index contributed by atoms with van der Waals surface area (Å²) in [5.74, 6) is 0.786. The lowest BCUT2D eigenvalue weighted by atomic mass is 9.86. The van der Waals surface area contributed by atoms with E-state index in [1.54, 1.807) is 6.33 Å². The van der Waals surface area contributed by atoms with Crippen molar-refractivity contribution in [1.29, 1.82) is 0 Å². The second kappa shape index (κ2) is 11.1. The molecule has 2 saturated heterocycles. The monoisotopic (exact) mass is 511 g/mol. The first-order valence-electron chi connectivity index (χ1n) is 12.7. The molecule has 0 unspecified atom stereocenters. The van der Waals surface area contributed by atoms with E-state index in [9.17, 15) is 4.79 Å². The third kappa shape index (κ3) is 5.64. The number of fused-ring (bicyclic) bond motifs is 1. The molecule has 36 heavy (non-hydrogen) atoms. The van der Waals surface area contributed by atoms with Crippen LogP contribution in [-0.4, -0.2) is 77.2 Å². The first-order valence-corrected chi connectivity index (χ1v) is 13.1. The Morgan fingerprint density at radius 1 is 1.14 bits per heavy atom. The zero-order valence-electron chi connectivity index (χ0n) is 20.5. The Labute approximate surface area is 216 Å². The Balaban J connectivity index is 1.22. The van der Waals surface area contributed by atoms with Crippen LogP contribution in [0.4, 0.5) is 5.82 Å². The Hall–Kier alpha value is -2.72. The highest BCUT2D eigenvalue weighted by atomic mass is 35.5. The van der Waals surface area contributed by atoms with Crippen LogP contribution in [0.1, 0.15) is 37.3 Å². The molecule has 1 amide bonds. The predicted molar refractivity (Wildman–Crippen MR) is 141 cm³/mol. The van der Waals surface area contributed by atoms with E-state index in [-0.39, 0.29) is 11.9 Å². The summed E-state index contributed by atoms with van der Waals surface area (Å²) in [7, 11) is 0. The third-order valence-electron chi connectivity index (χ3n) is 7.39. The number of nitrogens with zero attached hydrogens (tertiary/aromatic N) is 4. The molecule has 1 aromatic carbocycles. The van der Waals surface area contributed by atoms with Gasteiger partial charge in [-0.1, -0.05) is 23.7 Å². The van der Waals surface area contributed by atoms with Gasteiger partial charge in [0.05, 0.1) is 30.2 Å². The molecule has 5 rings (SSSR count). The summed E-state index contributed by atoms with van der Waals surface area (Å²) in [5.41, 5.74) is 7.65. The van der Waals surface area contributed by atoms with Crippen LogP contribution in [0.2, 0.25) is 5.02 Å². The van der Waals surface area contributed by atoms with E-state index in [2.05, 4.69) is 30.1 Å². The van der Waals surface area contributed by atoms with Gasteiger partial charge in [-0.3, -0.25) is 9.69 Å². The number of ether oxygens (including phenoxy) is 1.